The molecule has 0 unspecified atom stereocenters. The Kier molecular flexibility index (Phi) is 8.15. The van der Waals surface area contributed by atoms with E-state index in [1.807, 2.05) is 18.2 Å². The number of piperazine rings is 1. The molecule has 3 rings (SSSR count). The van der Waals surface area contributed by atoms with E-state index in [0.717, 1.165) is 75.9 Å². The highest BCUT2D eigenvalue weighted by molar-refractivity contribution is 5.63. The van der Waals surface area contributed by atoms with Crippen LogP contribution in [0.5, 0.6) is 0 Å². The lowest BCUT2D eigenvalue weighted by molar-refractivity contribution is 0.158. The lowest BCUT2D eigenvalue weighted by Crippen LogP contribution is -2.45. The minimum absolute atomic E-state index is 0.667. The number of hydrogen-bond donors (Lipinski definition) is 2. The summed E-state index contributed by atoms with van der Waals surface area (Å²) in [6, 6.07) is 5.97. The highest BCUT2D eigenvalue weighted by Gasteiger charge is 2.13. The van der Waals surface area contributed by atoms with Gasteiger partial charge in [0.2, 0.25) is 5.95 Å². The van der Waals surface area contributed by atoms with Crippen molar-refractivity contribution in [2.45, 2.75) is 6.42 Å². The molecule has 2 aromatic heterocycles. The van der Waals surface area contributed by atoms with Crippen LogP contribution >= 0.6 is 0 Å². The number of hydrogen-bond acceptors (Lipinski definition) is 8. The summed E-state index contributed by atoms with van der Waals surface area (Å²) in [6.45, 7) is 8.31. The van der Waals surface area contributed by atoms with Crippen molar-refractivity contribution in [3.63, 3.8) is 0 Å². The van der Waals surface area contributed by atoms with Crippen LogP contribution < -0.4 is 10.6 Å². The van der Waals surface area contributed by atoms with Gasteiger partial charge in [0.15, 0.2) is 0 Å². The predicted octanol–water partition coefficient (Wildman–Crippen LogP) is 1.56. The largest absolute Gasteiger partial charge is 0.369 e. The second-order valence-electron chi connectivity index (χ2n) is 7.85. The third-order valence-corrected chi connectivity index (χ3v) is 5.10. The van der Waals surface area contributed by atoms with Crippen LogP contribution in [0.3, 0.4) is 0 Å². The van der Waals surface area contributed by atoms with Gasteiger partial charge in [0.25, 0.3) is 0 Å². The van der Waals surface area contributed by atoms with E-state index in [-0.39, 0.29) is 0 Å². The Morgan fingerprint density at radius 2 is 1.76 bits per heavy atom. The molecule has 1 saturated heterocycles. The molecule has 8 nitrogen and oxygen atoms in total. The van der Waals surface area contributed by atoms with Gasteiger partial charge in [0, 0.05) is 69.8 Å². The van der Waals surface area contributed by atoms with E-state index >= 15 is 0 Å². The van der Waals surface area contributed by atoms with Gasteiger partial charge in [-0.15, -0.1) is 0 Å². The molecule has 0 spiro atoms. The lowest BCUT2D eigenvalue weighted by atomic mass is 10.2. The van der Waals surface area contributed by atoms with Gasteiger partial charge in [-0.2, -0.15) is 4.98 Å². The summed E-state index contributed by atoms with van der Waals surface area (Å²) < 4.78 is 0. The van der Waals surface area contributed by atoms with Crippen LogP contribution in [0.4, 0.5) is 11.8 Å². The summed E-state index contributed by atoms with van der Waals surface area (Å²) in [6.07, 6.45) is 4.63. The number of likely N-dealkylation sites (N-methyl/N-ethyl adjacent to an activating group) is 1. The minimum Gasteiger partial charge on any atom is -0.369 e. The van der Waals surface area contributed by atoms with Crippen molar-refractivity contribution >= 4 is 11.8 Å². The number of nitrogens with one attached hydrogen (secondary N) is 2. The number of aromatic nitrogens is 3. The summed E-state index contributed by atoms with van der Waals surface area (Å²) in [7, 11) is 6.36. The monoisotopic (exact) mass is 398 g/mol. The Balaban J connectivity index is 1.62. The number of pyridine rings is 1. The highest BCUT2D eigenvalue weighted by atomic mass is 15.3. The lowest BCUT2D eigenvalue weighted by Gasteiger charge is -2.32. The zero-order chi connectivity index (χ0) is 20.5. The molecule has 1 aliphatic heterocycles. The average Bonchev–Trinajstić information content (AvgIpc) is 2.73. The molecule has 3 heterocycles. The fourth-order valence-electron chi connectivity index (χ4n) is 3.30. The molecule has 0 aliphatic carbocycles. The molecule has 29 heavy (non-hydrogen) atoms. The normalized spacial score (nSPS) is 15.6. The zero-order valence-corrected chi connectivity index (χ0v) is 17.9. The Hall–Kier alpha value is -2.29. The van der Waals surface area contributed by atoms with Gasteiger partial charge in [0.1, 0.15) is 5.82 Å². The fourth-order valence-corrected chi connectivity index (χ4v) is 3.30. The van der Waals surface area contributed by atoms with E-state index in [9.17, 15) is 0 Å². The number of anilines is 2. The van der Waals surface area contributed by atoms with E-state index in [0.29, 0.717) is 5.95 Å². The maximum Gasteiger partial charge on any atom is 0.225 e. The van der Waals surface area contributed by atoms with Gasteiger partial charge < -0.3 is 20.4 Å². The molecule has 2 N–H and O–H groups in total. The molecule has 158 valence electrons. The Labute approximate surface area is 174 Å². The van der Waals surface area contributed by atoms with E-state index in [2.05, 4.69) is 56.4 Å². The standard InChI is InChI=1S/C21H34N8/c1-27(2)11-4-7-24-21-25-19(18-5-8-22-9-6-18)17-20(26-21)23-10-12-29-15-13-28(3)14-16-29/h5-6,8-9,17H,4,7,10-16H2,1-3H3,(H2,23,24,25,26). The molecule has 0 amide bonds. The predicted molar refractivity (Wildman–Crippen MR) is 119 cm³/mol. The summed E-state index contributed by atoms with van der Waals surface area (Å²) in [5.74, 6) is 1.52. The first-order chi connectivity index (χ1) is 14.1. The molecule has 1 aliphatic rings. The number of rotatable bonds is 10. The van der Waals surface area contributed by atoms with E-state index in [1.54, 1.807) is 12.4 Å². The molecule has 0 bridgehead atoms. The Bertz CT molecular complexity index is 729. The van der Waals surface area contributed by atoms with E-state index < -0.39 is 0 Å². The third-order valence-electron chi connectivity index (χ3n) is 5.10. The van der Waals surface area contributed by atoms with Crippen LogP contribution in [-0.4, -0.2) is 103 Å². The topological polar surface area (TPSA) is 72.5 Å². The molecule has 8 heteroatoms. The second kappa shape index (κ2) is 11.0. The Morgan fingerprint density at radius 3 is 2.48 bits per heavy atom. The highest BCUT2D eigenvalue weighted by Crippen LogP contribution is 2.20. The zero-order valence-electron chi connectivity index (χ0n) is 17.9. The van der Waals surface area contributed by atoms with Crippen LogP contribution in [0.15, 0.2) is 30.6 Å². The van der Waals surface area contributed by atoms with Gasteiger partial charge in [0.05, 0.1) is 5.69 Å². The van der Waals surface area contributed by atoms with Crippen molar-refractivity contribution in [3.8, 4) is 11.3 Å². The summed E-state index contributed by atoms with van der Waals surface area (Å²) >= 11 is 0. The van der Waals surface area contributed by atoms with Gasteiger partial charge in [-0.05, 0) is 46.2 Å². The van der Waals surface area contributed by atoms with Crippen molar-refractivity contribution in [3.05, 3.63) is 30.6 Å². The van der Waals surface area contributed by atoms with E-state index in [1.165, 1.54) is 0 Å². The molecule has 0 aromatic carbocycles. The van der Waals surface area contributed by atoms with Crippen LogP contribution in [0.1, 0.15) is 6.42 Å². The van der Waals surface area contributed by atoms with Crippen molar-refractivity contribution in [2.75, 3.05) is 84.1 Å². The molecule has 0 saturated carbocycles. The van der Waals surface area contributed by atoms with Gasteiger partial charge in [-0.3, -0.25) is 9.88 Å². The van der Waals surface area contributed by atoms with Gasteiger partial charge in [-0.1, -0.05) is 0 Å². The molecule has 2 aromatic rings. The van der Waals surface area contributed by atoms with Crippen LogP contribution in [-0.2, 0) is 0 Å². The smallest absolute Gasteiger partial charge is 0.225 e. The molecular formula is C21H34N8. The van der Waals surface area contributed by atoms with E-state index in [4.69, 9.17) is 4.98 Å². The third kappa shape index (κ3) is 7.23. The van der Waals surface area contributed by atoms with Crippen molar-refractivity contribution in [1.82, 2.24) is 29.7 Å². The first kappa shape index (κ1) is 21.4. The van der Waals surface area contributed by atoms with Crippen molar-refractivity contribution < 1.29 is 0 Å². The average molecular weight is 399 g/mol. The molecular weight excluding hydrogens is 364 g/mol. The minimum atomic E-state index is 0.667. The first-order valence-electron chi connectivity index (χ1n) is 10.4. The van der Waals surface area contributed by atoms with Crippen molar-refractivity contribution in [2.24, 2.45) is 0 Å². The number of nitrogens with zero attached hydrogens (tertiary/aromatic N) is 6. The van der Waals surface area contributed by atoms with Gasteiger partial charge in [-0.25, -0.2) is 4.98 Å². The fraction of sp³-hybridized carbons (Fsp3) is 0.571. The SMILES string of the molecule is CN(C)CCCNc1nc(NCCN2CCN(C)CC2)cc(-c2ccncc2)n1. The molecule has 1 fully saturated rings. The maximum absolute atomic E-state index is 4.71. The summed E-state index contributed by atoms with van der Waals surface area (Å²) in [4.78, 5) is 20.6. The molecule has 0 radical (unpaired) electrons. The van der Waals surface area contributed by atoms with Gasteiger partial charge >= 0.3 is 0 Å². The summed E-state index contributed by atoms with van der Waals surface area (Å²) in [5, 5.41) is 6.87. The van der Waals surface area contributed by atoms with Crippen LogP contribution in [0.2, 0.25) is 0 Å². The molecule has 0 atom stereocenters. The first-order valence-corrected chi connectivity index (χ1v) is 10.4. The second-order valence-corrected chi connectivity index (χ2v) is 7.85. The quantitative estimate of drug-likeness (QED) is 0.584. The van der Waals surface area contributed by atoms with Crippen LogP contribution in [0, 0.1) is 0 Å². The van der Waals surface area contributed by atoms with Crippen molar-refractivity contribution in [1.29, 1.82) is 0 Å². The maximum atomic E-state index is 4.71. The Morgan fingerprint density at radius 1 is 1.00 bits per heavy atom. The van der Waals surface area contributed by atoms with Crippen LogP contribution in [0.25, 0.3) is 11.3 Å². The summed E-state index contributed by atoms with van der Waals surface area (Å²) in [5.41, 5.74) is 1.94.